The van der Waals surface area contributed by atoms with Crippen molar-refractivity contribution in [1.82, 2.24) is 15.2 Å². The van der Waals surface area contributed by atoms with Crippen LogP contribution >= 0.6 is 11.8 Å². The van der Waals surface area contributed by atoms with Gasteiger partial charge in [-0.15, -0.1) is 5.10 Å². The zero-order valence-electron chi connectivity index (χ0n) is 9.34. The van der Waals surface area contributed by atoms with Crippen LogP contribution < -0.4 is 0 Å². The van der Waals surface area contributed by atoms with Gasteiger partial charge in [0.25, 0.3) is 0 Å². The quantitative estimate of drug-likeness (QED) is 0.761. The van der Waals surface area contributed by atoms with Crippen LogP contribution in [-0.4, -0.2) is 15.2 Å². The summed E-state index contributed by atoms with van der Waals surface area (Å²) in [6, 6.07) is 8.46. The molecule has 0 saturated heterocycles. The minimum absolute atomic E-state index is 0.738. The molecule has 3 nitrogen and oxygen atoms in total. The topological polar surface area (TPSA) is 38.7 Å². The Morgan fingerprint density at radius 3 is 2.88 bits per heavy atom. The predicted molar refractivity (Wildman–Crippen MR) is 65.3 cm³/mol. The maximum absolute atomic E-state index is 4.30. The first kappa shape index (κ1) is 11.1. The van der Waals surface area contributed by atoms with Crippen molar-refractivity contribution >= 4 is 11.8 Å². The van der Waals surface area contributed by atoms with Crippen LogP contribution in [0.3, 0.4) is 0 Å². The second-order valence-electron chi connectivity index (χ2n) is 3.66. The summed E-state index contributed by atoms with van der Waals surface area (Å²) in [5.74, 6) is 0.882. The maximum Gasteiger partial charge on any atom is 0.209 e. The standard InChI is InChI=1S/C12H13N3S/c1-9-4-3-5-11(6-9)8-16-12-14-10(2)7-13-15-12/h3-7H,8H2,1-2H3. The molecule has 0 fully saturated rings. The summed E-state index contributed by atoms with van der Waals surface area (Å²) in [5, 5.41) is 8.60. The number of benzene rings is 1. The van der Waals surface area contributed by atoms with Gasteiger partial charge in [-0.2, -0.15) is 5.10 Å². The Morgan fingerprint density at radius 1 is 1.25 bits per heavy atom. The molecule has 1 aromatic heterocycles. The van der Waals surface area contributed by atoms with Gasteiger partial charge in [0.05, 0.1) is 11.9 Å². The van der Waals surface area contributed by atoms with E-state index in [1.807, 2.05) is 6.92 Å². The van der Waals surface area contributed by atoms with Crippen LogP contribution in [0.5, 0.6) is 0 Å². The van der Waals surface area contributed by atoms with Crippen LogP contribution in [0.2, 0.25) is 0 Å². The molecule has 1 aromatic carbocycles. The predicted octanol–water partition coefficient (Wildman–Crippen LogP) is 2.78. The zero-order chi connectivity index (χ0) is 11.4. The third-order valence-electron chi connectivity index (χ3n) is 2.11. The van der Waals surface area contributed by atoms with Crippen LogP contribution in [-0.2, 0) is 5.75 Å². The Kier molecular flexibility index (Phi) is 3.51. The highest BCUT2D eigenvalue weighted by Crippen LogP contribution is 2.18. The molecule has 0 bridgehead atoms. The molecule has 0 N–H and O–H groups in total. The first-order chi connectivity index (χ1) is 7.74. The van der Waals surface area contributed by atoms with Gasteiger partial charge < -0.3 is 0 Å². The van der Waals surface area contributed by atoms with Crippen molar-refractivity contribution in [3.63, 3.8) is 0 Å². The van der Waals surface area contributed by atoms with E-state index in [9.17, 15) is 0 Å². The van der Waals surface area contributed by atoms with Crippen LogP contribution in [0, 0.1) is 13.8 Å². The third kappa shape index (κ3) is 3.03. The van der Waals surface area contributed by atoms with E-state index in [0.29, 0.717) is 0 Å². The first-order valence-corrected chi connectivity index (χ1v) is 6.07. The molecule has 0 amide bonds. The highest BCUT2D eigenvalue weighted by Gasteiger charge is 2.00. The number of hydrogen-bond donors (Lipinski definition) is 0. The summed E-state index contributed by atoms with van der Waals surface area (Å²) in [7, 11) is 0. The average molecular weight is 231 g/mol. The fourth-order valence-electron chi connectivity index (χ4n) is 1.37. The second kappa shape index (κ2) is 5.07. The van der Waals surface area contributed by atoms with Crippen LogP contribution in [0.1, 0.15) is 16.8 Å². The Labute approximate surface area is 99.3 Å². The van der Waals surface area contributed by atoms with Crippen molar-refractivity contribution in [2.24, 2.45) is 0 Å². The second-order valence-corrected chi connectivity index (χ2v) is 4.60. The third-order valence-corrected chi connectivity index (χ3v) is 3.02. The van der Waals surface area contributed by atoms with Crippen LogP contribution in [0.4, 0.5) is 0 Å². The number of thioether (sulfide) groups is 1. The molecule has 0 atom stereocenters. The summed E-state index contributed by atoms with van der Waals surface area (Å²) < 4.78 is 0. The average Bonchev–Trinajstić information content (AvgIpc) is 2.27. The van der Waals surface area contributed by atoms with Crippen molar-refractivity contribution in [3.05, 3.63) is 47.3 Å². The van der Waals surface area contributed by atoms with Crippen LogP contribution in [0.25, 0.3) is 0 Å². The fourth-order valence-corrected chi connectivity index (χ4v) is 2.16. The van der Waals surface area contributed by atoms with E-state index in [4.69, 9.17) is 0 Å². The first-order valence-electron chi connectivity index (χ1n) is 5.09. The summed E-state index contributed by atoms with van der Waals surface area (Å²) >= 11 is 1.61. The summed E-state index contributed by atoms with van der Waals surface area (Å²) in [4.78, 5) is 4.30. The molecule has 4 heteroatoms. The maximum atomic E-state index is 4.30. The number of rotatable bonds is 3. The number of hydrogen-bond acceptors (Lipinski definition) is 4. The van der Waals surface area contributed by atoms with Gasteiger partial charge in [0.2, 0.25) is 5.16 Å². The van der Waals surface area contributed by atoms with Gasteiger partial charge in [-0.1, -0.05) is 41.6 Å². The molecule has 0 spiro atoms. The molecular weight excluding hydrogens is 218 g/mol. The normalized spacial score (nSPS) is 10.4. The number of aryl methyl sites for hydroxylation is 2. The Balaban J connectivity index is 2.02. The SMILES string of the molecule is Cc1cccc(CSc2nncc(C)n2)c1. The highest BCUT2D eigenvalue weighted by atomic mass is 32.2. The van der Waals surface area contributed by atoms with E-state index in [-0.39, 0.29) is 0 Å². The molecule has 0 aliphatic rings. The Bertz CT molecular complexity index is 440. The number of nitrogens with zero attached hydrogens (tertiary/aromatic N) is 3. The Morgan fingerprint density at radius 2 is 2.12 bits per heavy atom. The van der Waals surface area contributed by atoms with Crippen molar-refractivity contribution in [3.8, 4) is 0 Å². The molecule has 1 heterocycles. The van der Waals surface area contributed by atoms with E-state index >= 15 is 0 Å². The summed E-state index contributed by atoms with van der Waals surface area (Å²) in [6.07, 6.45) is 1.66. The Hall–Kier alpha value is -1.42. The lowest BCUT2D eigenvalue weighted by Gasteiger charge is -2.01. The largest absolute Gasteiger partial charge is 0.225 e. The molecular formula is C12H13N3S. The molecule has 0 saturated carbocycles. The van der Waals surface area contributed by atoms with Gasteiger partial charge >= 0.3 is 0 Å². The molecule has 82 valence electrons. The van der Waals surface area contributed by atoms with Gasteiger partial charge in [0.15, 0.2) is 0 Å². The van der Waals surface area contributed by atoms with Crippen molar-refractivity contribution in [1.29, 1.82) is 0 Å². The monoisotopic (exact) mass is 231 g/mol. The van der Waals surface area contributed by atoms with Gasteiger partial charge in [-0.3, -0.25) is 0 Å². The van der Waals surface area contributed by atoms with Crippen LogP contribution in [0.15, 0.2) is 35.6 Å². The summed E-state index contributed by atoms with van der Waals surface area (Å²) in [6.45, 7) is 4.02. The molecule has 0 aliphatic carbocycles. The number of aromatic nitrogens is 3. The van der Waals surface area contributed by atoms with E-state index in [1.165, 1.54) is 11.1 Å². The van der Waals surface area contributed by atoms with Gasteiger partial charge in [-0.25, -0.2) is 4.98 Å². The smallest absolute Gasteiger partial charge is 0.209 e. The van der Waals surface area contributed by atoms with Gasteiger partial charge in [0, 0.05) is 5.75 Å². The zero-order valence-corrected chi connectivity index (χ0v) is 10.2. The molecule has 2 aromatic rings. The lowest BCUT2D eigenvalue weighted by atomic mass is 10.2. The lowest BCUT2D eigenvalue weighted by molar-refractivity contribution is 0.816. The summed E-state index contributed by atoms with van der Waals surface area (Å²) in [5.41, 5.74) is 3.47. The van der Waals surface area contributed by atoms with Gasteiger partial charge in [-0.05, 0) is 19.4 Å². The molecule has 2 rings (SSSR count). The van der Waals surface area contributed by atoms with Gasteiger partial charge in [0.1, 0.15) is 0 Å². The minimum atomic E-state index is 0.738. The van der Waals surface area contributed by atoms with E-state index in [0.717, 1.165) is 16.6 Å². The van der Waals surface area contributed by atoms with Crippen molar-refractivity contribution < 1.29 is 0 Å². The molecule has 0 unspecified atom stereocenters. The lowest BCUT2D eigenvalue weighted by Crippen LogP contribution is -1.92. The van der Waals surface area contributed by atoms with Crippen molar-refractivity contribution in [2.45, 2.75) is 24.8 Å². The molecule has 0 radical (unpaired) electrons. The molecule has 0 aliphatic heterocycles. The van der Waals surface area contributed by atoms with E-state index in [1.54, 1.807) is 18.0 Å². The van der Waals surface area contributed by atoms with E-state index < -0.39 is 0 Å². The fraction of sp³-hybridized carbons (Fsp3) is 0.250. The highest BCUT2D eigenvalue weighted by molar-refractivity contribution is 7.98. The minimum Gasteiger partial charge on any atom is -0.225 e. The molecule has 16 heavy (non-hydrogen) atoms. The van der Waals surface area contributed by atoms with Crippen molar-refractivity contribution in [2.75, 3.05) is 0 Å². The van der Waals surface area contributed by atoms with E-state index in [2.05, 4.69) is 46.4 Å².